The lowest BCUT2D eigenvalue weighted by Crippen LogP contribution is -2.27. The summed E-state index contributed by atoms with van der Waals surface area (Å²) in [6.07, 6.45) is 1.57. The Balaban J connectivity index is 1.55. The van der Waals surface area contributed by atoms with Crippen molar-refractivity contribution in [3.63, 3.8) is 0 Å². The van der Waals surface area contributed by atoms with Crippen molar-refractivity contribution in [3.05, 3.63) is 98.7 Å². The molecule has 3 aromatic carbocycles. The first-order chi connectivity index (χ1) is 16.9. The van der Waals surface area contributed by atoms with Crippen LogP contribution in [-0.2, 0) is 17.9 Å². The third-order valence-electron chi connectivity index (χ3n) is 5.29. The fourth-order valence-electron chi connectivity index (χ4n) is 3.50. The van der Waals surface area contributed by atoms with E-state index >= 15 is 0 Å². The number of amides is 2. The minimum atomic E-state index is -0.489. The van der Waals surface area contributed by atoms with Crippen LogP contribution in [0.5, 0.6) is 11.5 Å². The minimum Gasteiger partial charge on any atom is -0.490 e. The standard InChI is InChI=1S/C27H23ClFNO4S/c1-3-33-23-13-19(12-21(28)25(23)34-16-18-10-8-17(2)9-11-18)14-24-26(31)30(27(32)35-24)15-20-6-4-5-7-22(20)29/h4-14H,3,15-16H2,1-2H3/b24-14-. The number of benzene rings is 3. The first-order valence-corrected chi connectivity index (χ1v) is 12.2. The molecule has 1 aliphatic heterocycles. The topological polar surface area (TPSA) is 55.8 Å². The van der Waals surface area contributed by atoms with E-state index in [1.165, 1.54) is 6.07 Å². The highest BCUT2D eigenvalue weighted by Crippen LogP contribution is 2.40. The summed E-state index contributed by atoms with van der Waals surface area (Å²) in [6, 6.07) is 17.4. The van der Waals surface area contributed by atoms with Crippen molar-refractivity contribution in [2.75, 3.05) is 6.61 Å². The molecule has 0 atom stereocenters. The maximum Gasteiger partial charge on any atom is 0.293 e. The number of hydrogen-bond donors (Lipinski definition) is 0. The van der Waals surface area contributed by atoms with Gasteiger partial charge in [-0.05, 0) is 61.0 Å². The highest BCUT2D eigenvalue weighted by atomic mass is 35.5. The number of nitrogens with zero attached hydrogens (tertiary/aromatic N) is 1. The monoisotopic (exact) mass is 511 g/mol. The molecule has 35 heavy (non-hydrogen) atoms. The summed E-state index contributed by atoms with van der Waals surface area (Å²) in [5.74, 6) is -0.121. The number of rotatable bonds is 8. The Morgan fingerprint density at radius 2 is 1.80 bits per heavy atom. The van der Waals surface area contributed by atoms with Gasteiger partial charge in [0.05, 0.1) is 23.1 Å². The molecule has 3 aromatic rings. The highest BCUT2D eigenvalue weighted by Gasteiger charge is 2.35. The van der Waals surface area contributed by atoms with E-state index in [2.05, 4.69) is 0 Å². The van der Waals surface area contributed by atoms with E-state index in [4.69, 9.17) is 21.1 Å². The van der Waals surface area contributed by atoms with E-state index in [1.807, 2.05) is 38.1 Å². The zero-order chi connectivity index (χ0) is 24.9. The summed E-state index contributed by atoms with van der Waals surface area (Å²) in [6.45, 7) is 4.43. The molecule has 5 nitrogen and oxygen atoms in total. The van der Waals surface area contributed by atoms with Gasteiger partial charge >= 0.3 is 0 Å². The van der Waals surface area contributed by atoms with Crippen molar-refractivity contribution in [1.82, 2.24) is 4.90 Å². The van der Waals surface area contributed by atoms with E-state index in [0.717, 1.165) is 27.8 Å². The highest BCUT2D eigenvalue weighted by molar-refractivity contribution is 8.18. The van der Waals surface area contributed by atoms with Gasteiger partial charge in [-0.3, -0.25) is 14.5 Å². The lowest BCUT2D eigenvalue weighted by Gasteiger charge is -2.15. The molecule has 180 valence electrons. The van der Waals surface area contributed by atoms with Gasteiger partial charge in [-0.2, -0.15) is 0 Å². The van der Waals surface area contributed by atoms with Crippen LogP contribution in [0.1, 0.15) is 29.2 Å². The fourth-order valence-corrected chi connectivity index (χ4v) is 4.61. The SMILES string of the molecule is CCOc1cc(/C=C2\SC(=O)N(Cc3ccccc3F)C2=O)cc(Cl)c1OCc1ccc(C)cc1. The predicted molar refractivity (Wildman–Crippen MR) is 136 cm³/mol. The van der Waals surface area contributed by atoms with Crippen molar-refractivity contribution in [3.8, 4) is 11.5 Å². The Morgan fingerprint density at radius 3 is 2.51 bits per heavy atom. The summed E-state index contributed by atoms with van der Waals surface area (Å²) in [7, 11) is 0. The van der Waals surface area contributed by atoms with Crippen LogP contribution >= 0.6 is 23.4 Å². The third-order valence-corrected chi connectivity index (χ3v) is 6.48. The first kappa shape index (κ1) is 24.8. The Labute approximate surface area is 212 Å². The normalized spacial score (nSPS) is 14.6. The molecule has 1 fully saturated rings. The minimum absolute atomic E-state index is 0.134. The summed E-state index contributed by atoms with van der Waals surface area (Å²) in [5, 5.41) is -0.140. The molecule has 0 saturated carbocycles. The molecule has 4 rings (SSSR count). The van der Waals surface area contributed by atoms with Gasteiger partial charge in [0.15, 0.2) is 11.5 Å². The summed E-state index contributed by atoms with van der Waals surface area (Å²) < 4.78 is 25.7. The number of halogens is 2. The van der Waals surface area contributed by atoms with Gasteiger partial charge in [-0.15, -0.1) is 0 Å². The fraction of sp³-hybridized carbons (Fsp3) is 0.185. The van der Waals surface area contributed by atoms with Gasteiger partial charge in [-0.25, -0.2) is 4.39 Å². The molecule has 0 radical (unpaired) electrons. The summed E-state index contributed by atoms with van der Waals surface area (Å²) in [5.41, 5.74) is 3.00. The Kier molecular flexibility index (Phi) is 7.78. The number of carbonyl (C=O) groups is 2. The number of imide groups is 1. The van der Waals surface area contributed by atoms with E-state index in [-0.39, 0.29) is 17.0 Å². The van der Waals surface area contributed by atoms with Crippen molar-refractivity contribution >= 4 is 40.6 Å². The van der Waals surface area contributed by atoms with Gasteiger partial charge in [0.25, 0.3) is 11.1 Å². The van der Waals surface area contributed by atoms with Crippen molar-refractivity contribution < 1.29 is 23.5 Å². The maximum atomic E-state index is 14.0. The molecular formula is C27H23ClFNO4S. The maximum absolute atomic E-state index is 14.0. The molecule has 1 saturated heterocycles. The lowest BCUT2D eigenvalue weighted by molar-refractivity contribution is -0.123. The molecule has 0 aliphatic carbocycles. The second-order valence-electron chi connectivity index (χ2n) is 7.90. The van der Waals surface area contributed by atoms with Crippen LogP contribution in [0, 0.1) is 12.7 Å². The average Bonchev–Trinajstić information content (AvgIpc) is 3.08. The van der Waals surface area contributed by atoms with E-state index in [9.17, 15) is 14.0 Å². The largest absolute Gasteiger partial charge is 0.490 e. The van der Waals surface area contributed by atoms with Gasteiger partial charge < -0.3 is 9.47 Å². The smallest absolute Gasteiger partial charge is 0.293 e. The predicted octanol–water partition coefficient (Wildman–Crippen LogP) is 7.00. The average molecular weight is 512 g/mol. The van der Waals surface area contributed by atoms with Gasteiger partial charge in [-0.1, -0.05) is 59.6 Å². The van der Waals surface area contributed by atoms with Crippen LogP contribution < -0.4 is 9.47 Å². The Hall–Kier alpha value is -3.29. The van der Waals surface area contributed by atoms with Crippen LogP contribution in [0.3, 0.4) is 0 Å². The lowest BCUT2D eigenvalue weighted by atomic mass is 10.1. The van der Waals surface area contributed by atoms with Crippen molar-refractivity contribution in [2.24, 2.45) is 0 Å². The van der Waals surface area contributed by atoms with Crippen molar-refractivity contribution in [1.29, 1.82) is 0 Å². The van der Waals surface area contributed by atoms with Gasteiger partial charge in [0.2, 0.25) is 0 Å². The molecule has 8 heteroatoms. The first-order valence-electron chi connectivity index (χ1n) is 11.0. The number of carbonyl (C=O) groups excluding carboxylic acids is 2. The number of thioether (sulfide) groups is 1. The number of ether oxygens (including phenoxy) is 2. The molecular weight excluding hydrogens is 489 g/mol. The zero-order valence-corrected chi connectivity index (χ0v) is 20.8. The number of aryl methyl sites for hydroxylation is 1. The Bertz CT molecular complexity index is 1290. The van der Waals surface area contributed by atoms with Crippen LogP contribution in [0.4, 0.5) is 9.18 Å². The van der Waals surface area contributed by atoms with E-state index in [1.54, 1.807) is 36.4 Å². The van der Waals surface area contributed by atoms with Crippen LogP contribution in [0.2, 0.25) is 5.02 Å². The van der Waals surface area contributed by atoms with Gasteiger partial charge in [0.1, 0.15) is 12.4 Å². The molecule has 0 N–H and O–H groups in total. The third kappa shape index (κ3) is 5.86. The molecule has 0 unspecified atom stereocenters. The second-order valence-corrected chi connectivity index (χ2v) is 9.30. The molecule has 0 spiro atoms. The van der Waals surface area contributed by atoms with E-state index in [0.29, 0.717) is 35.3 Å². The molecule has 2 amide bonds. The van der Waals surface area contributed by atoms with Crippen LogP contribution in [0.15, 0.2) is 65.6 Å². The second kappa shape index (κ2) is 11.0. The molecule has 1 aliphatic rings. The van der Waals surface area contributed by atoms with Gasteiger partial charge in [0, 0.05) is 5.56 Å². The summed E-state index contributed by atoms with van der Waals surface area (Å²) in [4.78, 5) is 26.6. The van der Waals surface area contributed by atoms with E-state index < -0.39 is 17.0 Å². The summed E-state index contributed by atoms with van der Waals surface area (Å²) >= 11 is 7.32. The Morgan fingerprint density at radius 1 is 1.06 bits per heavy atom. The molecule has 1 heterocycles. The van der Waals surface area contributed by atoms with Crippen molar-refractivity contribution in [2.45, 2.75) is 27.0 Å². The van der Waals surface area contributed by atoms with Crippen LogP contribution in [-0.4, -0.2) is 22.7 Å². The number of hydrogen-bond acceptors (Lipinski definition) is 5. The molecule has 0 aromatic heterocycles. The molecule has 0 bridgehead atoms. The van der Waals surface area contributed by atoms with Crippen LogP contribution in [0.25, 0.3) is 6.08 Å². The zero-order valence-electron chi connectivity index (χ0n) is 19.2. The quantitative estimate of drug-likeness (QED) is 0.305.